The smallest absolute Gasteiger partial charge is 0.298 e. The van der Waals surface area contributed by atoms with Crippen LogP contribution in [-0.4, -0.2) is 47.4 Å². The summed E-state index contributed by atoms with van der Waals surface area (Å²) in [4.78, 5) is 17.9. The summed E-state index contributed by atoms with van der Waals surface area (Å²) in [6, 6.07) is 4.08. The third-order valence-electron chi connectivity index (χ3n) is 5.95. The summed E-state index contributed by atoms with van der Waals surface area (Å²) in [5, 5.41) is 13.7. The molecule has 27 heavy (non-hydrogen) atoms. The second-order valence-corrected chi connectivity index (χ2v) is 7.63. The van der Waals surface area contributed by atoms with Crippen molar-refractivity contribution in [3.05, 3.63) is 51.6 Å². The molecule has 4 heterocycles. The van der Waals surface area contributed by atoms with Crippen LogP contribution in [0.15, 0.2) is 23.1 Å². The molecule has 0 bridgehead atoms. The van der Waals surface area contributed by atoms with Crippen LogP contribution in [0.3, 0.4) is 0 Å². The maximum absolute atomic E-state index is 11.7. The highest BCUT2D eigenvalue weighted by molar-refractivity contribution is 5.43. The molecule has 1 aliphatic carbocycles. The normalized spacial score (nSPS) is 18.3. The van der Waals surface area contributed by atoms with Crippen molar-refractivity contribution < 1.29 is 0 Å². The molecule has 0 unspecified atom stereocenters. The maximum atomic E-state index is 11.7. The monoisotopic (exact) mass is 365 g/mol. The Bertz CT molecular complexity index is 1050. The summed E-state index contributed by atoms with van der Waals surface area (Å²) in [6.45, 7) is 2.72. The van der Waals surface area contributed by atoms with Gasteiger partial charge in [-0.1, -0.05) is 0 Å². The van der Waals surface area contributed by atoms with Gasteiger partial charge < -0.3 is 0 Å². The molecule has 0 aromatic carbocycles. The molecule has 3 aromatic rings. The number of fused-ring (bicyclic) bond motifs is 2. The van der Waals surface area contributed by atoms with E-state index in [2.05, 4.69) is 26.1 Å². The highest BCUT2D eigenvalue weighted by Crippen LogP contribution is 2.29. The van der Waals surface area contributed by atoms with Crippen LogP contribution in [0.4, 0.5) is 0 Å². The third-order valence-corrected chi connectivity index (χ3v) is 5.95. The molecule has 2 aliphatic rings. The van der Waals surface area contributed by atoms with Crippen LogP contribution in [0.2, 0.25) is 0 Å². The lowest BCUT2D eigenvalue weighted by Gasteiger charge is -2.31. The van der Waals surface area contributed by atoms with E-state index in [0.717, 1.165) is 62.5 Å². The molecule has 0 atom stereocenters. The van der Waals surface area contributed by atoms with Crippen LogP contribution in [0, 0.1) is 0 Å². The van der Waals surface area contributed by atoms with Gasteiger partial charge in [0.25, 0.3) is 0 Å². The molecule has 140 valence electrons. The zero-order valence-corrected chi connectivity index (χ0v) is 15.5. The number of aryl methyl sites for hydroxylation is 2. The molecule has 0 N–H and O–H groups in total. The van der Waals surface area contributed by atoms with Gasteiger partial charge >= 0.3 is 5.69 Å². The van der Waals surface area contributed by atoms with Crippen molar-refractivity contribution in [3.8, 4) is 0 Å². The van der Waals surface area contributed by atoms with Gasteiger partial charge in [0.1, 0.15) is 0 Å². The largest absolute Gasteiger partial charge is 0.347 e. The minimum Gasteiger partial charge on any atom is -0.298 e. The van der Waals surface area contributed by atoms with Gasteiger partial charge in [-0.3, -0.25) is 9.47 Å². The van der Waals surface area contributed by atoms with E-state index in [1.54, 1.807) is 17.8 Å². The molecule has 5 rings (SSSR count). The van der Waals surface area contributed by atoms with Crippen LogP contribution in [0.5, 0.6) is 0 Å². The fourth-order valence-corrected chi connectivity index (χ4v) is 4.29. The van der Waals surface area contributed by atoms with Crippen LogP contribution < -0.4 is 5.69 Å². The van der Waals surface area contributed by atoms with E-state index in [4.69, 9.17) is 5.10 Å². The van der Waals surface area contributed by atoms with Gasteiger partial charge in [0.15, 0.2) is 11.5 Å². The Hall–Kier alpha value is -2.61. The summed E-state index contributed by atoms with van der Waals surface area (Å²) >= 11 is 0. The molecule has 8 nitrogen and oxygen atoms in total. The van der Waals surface area contributed by atoms with E-state index >= 15 is 0 Å². The van der Waals surface area contributed by atoms with Crippen LogP contribution in [-0.2, 0) is 26.4 Å². The first kappa shape index (κ1) is 16.6. The summed E-state index contributed by atoms with van der Waals surface area (Å²) in [5.41, 5.74) is 4.22. The molecular formula is C19H23N7O. The number of piperidine rings is 1. The fraction of sp³-hybridized carbons (Fsp3) is 0.526. The third kappa shape index (κ3) is 2.93. The van der Waals surface area contributed by atoms with Crippen molar-refractivity contribution in [2.45, 2.75) is 44.6 Å². The zero-order valence-electron chi connectivity index (χ0n) is 15.5. The molecule has 1 fully saturated rings. The van der Waals surface area contributed by atoms with E-state index in [9.17, 15) is 4.79 Å². The number of hydrogen-bond donors (Lipinski definition) is 0. The van der Waals surface area contributed by atoms with E-state index in [1.807, 2.05) is 10.6 Å². The van der Waals surface area contributed by atoms with Crippen molar-refractivity contribution in [1.82, 2.24) is 34.3 Å². The topological polar surface area (TPSA) is 81.2 Å². The van der Waals surface area contributed by atoms with Gasteiger partial charge in [0, 0.05) is 31.4 Å². The molecule has 1 saturated heterocycles. The Balaban J connectivity index is 1.31. The highest BCUT2D eigenvalue weighted by atomic mass is 16.1. The van der Waals surface area contributed by atoms with Crippen molar-refractivity contribution in [3.63, 3.8) is 0 Å². The van der Waals surface area contributed by atoms with E-state index < -0.39 is 0 Å². The Morgan fingerprint density at radius 2 is 2.04 bits per heavy atom. The number of aromatic nitrogens is 6. The van der Waals surface area contributed by atoms with Gasteiger partial charge in [-0.05, 0) is 62.9 Å². The predicted octanol–water partition coefficient (Wildman–Crippen LogP) is 1.09. The molecule has 3 aromatic heterocycles. The van der Waals surface area contributed by atoms with Crippen molar-refractivity contribution in [1.29, 1.82) is 0 Å². The lowest BCUT2D eigenvalue weighted by molar-refractivity contribution is 0.196. The molecule has 0 amide bonds. The predicted molar refractivity (Wildman–Crippen MR) is 99.5 cm³/mol. The van der Waals surface area contributed by atoms with Gasteiger partial charge in [0.05, 0.1) is 5.69 Å². The summed E-state index contributed by atoms with van der Waals surface area (Å²) in [7, 11) is 1.78. The highest BCUT2D eigenvalue weighted by Gasteiger charge is 2.26. The second kappa shape index (κ2) is 6.53. The maximum Gasteiger partial charge on any atom is 0.347 e. The number of hydrogen-bond acceptors (Lipinski definition) is 6. The molecular weight excluding hydrogens is 342 g/mol. The zero-order chi connectivity index (χ0) is 18.4. The lowest BCUT2D eigenvalue weighted by atomic mass is 9.96. The summed E-state index contributed by atoms with van der Waals surface area (Å²) < 4.78 is 3.60. The van der Waals surface area contributed by atoms with E-state index in [1.165, 1.54) is 17.7 Å². The minimum absolute atomic E-state index is 0.198. The molecule has 1 aliphatic heterocycles. The Morgan fingerprint density at radius 3 is 2.89 bits per heavy atom. The molecule has 0 saturated carbocycles. The van der Waals surface area contributed by atoms with E-state index in [0.29, 0.717) is 5.92 Å². The van der Waals surface area contributed by atoms with Gasteiger partial charge in [0.2, 0.25) is 0 Å². The van der Waals surface area contributed by atoms with Crippen molar-refractivity contribution in [2.75, 3.05) is 13.1 Å². The Morgan fingerprint density at radius 1 is 1.19 bits per heavy atom. The second-order valence-electron chi connectivity index (χ2n) is 7.63. The number of rotatable bonds is 3. The average molecular weight is 365 g/mol. The quantitative estimate of drug-likeness (QED) is 0.691. The first-order valence-electron chi connectivity index (χ1n) is 9.66. The lowest BCUT2D eigenvalue weighted by Crippen LogP contribution is -2.35. The van der Waals surface area contributed by atoms with Crippen molar-refractivity contribution in [2.24, 2.45) is 7.05 Å². The SMILES string of the molecule is Cn1c(CN2CCC(c3nnc4cc5c(nn34)CCC5)CC2)ccnc1=O. The molecule has 8 heteroatoms. The summed E-state index contributed by atoms with van der Waals surface area (Å²) in [5.74, 6) is 1.38. The van der Waals surface area contributed by atoms with Gasteiger partial charge in [-0.15, -0.1) is 10.2 Å². The van der Waals surface area contributed by atoms with Crippen LogP contribution >= 0.6 is 0 Å². The average Bonchev–Trinajstić information content (AvgIpc) is 3.30. The number of nitrogens with zero attached hydrogens (tertiary/aromatic N) is 7. The standard InChI is InChI=1S/C19H23N7O/c1-24-15(5-8-20-19(24)27)12-25-9-6-13(7-10-25)18-22-21-17-11-14-3-2-4-16(14)23-26(17)18/h5,8,11,13H,2-4,6-7,9-10,12H2,1H3. The van der Waals surface area contributed by atoms with Gasteiger partial charge in [-0.25, -0.2) is 9.78 Å². The van der Waals surface area contributed by atoms with Gasteiger partial charge in [-0.2, -0.15) is 9.61 Å². The van der Waals surface area contributed by atoms with Crippen LogP contribution in [0.25, 0.3) is 5.65 Å². The van der Waals surface area contributed by atoms with E-state index in [-0.39, 0.29) is 5.69 Å². The van der Waals surface area contributed by atoms with Crippen molar-refractivity contribution >= 4 is 5.65 Å². The first-order chi connectivity index (χ1) is 13.2. The fourth-order valence-electron chi connectivity index (χ4n) is 4.29. The first-order valence-corrected chi connectivity index (χ1v) is 9.66. The Kier molecular flexibility index (Phi) is 4.00. The Labute approximate surface area is 156 Å². The summed E-state index contributed by atoms with van der Waals surface area (Å²) in [6.07, 6.45) is 7.01. The molecule has 0 radical (unpaired) electrons. The van der Waals surface area contributed by atoms with Crippen LogP contribution in [0.1, 0.15) is 48.0 Å². The molecule has 0 spiro atoms. The number of likely N-dealkylation sites (tertiary alicyclic amines) is 1. The minimum atomic E-state index is -0.198.